The molecule has 0 amide bonds. The van der Waals surface area contributed by atoms with Crippen LogP contribution in [-0.2, 0) is 4.74 Å². The molecule has 114 valence electrons. The van der Waals surface area contributed by atoms with E-state index in [-0.39, 0.29) is 0 Å². The van der Waals surface area contributed by atoms with Crippen molar-refractivity contribution >= 4 is 0 Å². The van der Waals surface area contributed by atoms with Gasteiger partial charge in [-0.3, -0.25) is 4.90 Å². The van der Waals surface area contributed by atoms with E-state index in [9.17, 15) is 0 Å². The van der Waals surface area contributed by atoms with Crippen molar-refractivity contribution in [3.05, 3.63) is 0 Å². The largest absolute Gasteiger partial charge is 0.382 e. The Labute approximate surface area is 120 Å². The molecule has 1 aliphatic rings. The van der Waals surface area contributed by atoms with E-state index in [1.807, 2.05) is 0 Å². The van der Waals surface area contributed by atoms with E-state index in [1.165, 1.54) is 38.8 Å². The van der Waals surface area contributed by atoms with Gasteiger partial charge in [0.15, 0.2) is 0 Å². The van der Waals surface area contributed by atoms with E-state index in [4.69, 9.17) is 4.74 Å². The average molecular weight is 270 g/mol. The second-order valence-electron chi connectivity index (χ2n) is 6.13. The molecule has 0 radical (unpaired) electrons. The minimum Gasteiger partial charge on any atom is -0.382 e. The van der Waals surface area contributed by atoms with Crippen LogP contribution in [0.4, 0.5) is 0 Å². The maximum absolute atomic E-state index is 5.34. The third-order valence-corrected chi connectivity index (χ3v) is 3.86. The molecule has 0 aromatic rings. The van der Waals surface area contributed by atoms with E-state index < -0.39 is 0 Å². The van der Waals surface area contributed by atoms with Crippen molar-refractivity contribution in [2.24, 2.45) is 5.92 Å². The smallest absolute Gasteiger partial charge is 0.0477 e. The fourth-order valence-corrected chi connectivity index (χ4v) is 2.95. The highest BCUT2D eigenvalue weighted by molar-refractivity contribution is 4.78. The molecule has 3 heteroatoms. The zero-order valence-electron chi connectivity index (χ0n) is 13.3. The van der Waals surface area contributed by atoms with Gasteiger partial charge in [-0.2, -0.15) is 0 Å². The molecule has 1 aliphatic carbocycles. The summed E-state index contributed by atoms with van der Waals surface area (Å²) in [6, 6.07) is 0.854. The summed E-state index contributed by atoms with van der Waals surface area (Å²) >= 11 is 0. The molecular formula is C16H34N2O. The highest BCUT2D eigenvalue weighted by atomic mass is 16.5. The van der Waals surface area contributed by atoms with Gasteiger partial charge in [-0.15, -0.1) is 0 Å². The lowest BCUT2D eigenvalue weighted by Crippen LogP contribution is -2.40. The van der Waals surface area contributed by atoms with E-state index >= 15 is 0 Å². The SMILES string of the molecule is CCOCCCNCCN(CC(C)C)C1CCCC1. The molecule has 0 unspecified atom stereocenters. The third kappa shape index (κ3) is 7.91. The standard InChI is InChI=1S/C16H34N2O/c1-4-19-13-7-10-17-11-12-18(14-15(2)3)16-8-5-6-9-16/h15-17H,4-14H2,1-3H3. The van der Waals surface area contributed by atoms with Crippen LogP contribution in [0.5, 0.6) is 0 Å². The summed E-state index contributed by atoms with van der Waals surface area (Å²) in [6.07, 6.45) is 6.82. The van der Waals surface area contributed by atoms with Crippen molar-refractivity contribution in [1.82, 2.24) is 10.2 Å². The number of rotatable bonds is 11. The fourth-order valence-electron chi connectivity index (χ4n) is 2.95. The number of nitrogens with one attached hydrogen (secondary N) is 1. The van der Waals surface area contributed by atoms with Crippen LogP contribution >= 0.6 is 0 Å². The third-order valence-electron chi connectivity index (χ3n) is 3.86. The molecule has 1 fully saturated rings. The minimum absolute atomic E-state index is 0.776. The first kappa shape index (κ1) is 16.9. The van der Waals surface area contributed by atoms with Gasteiger partial charge in [-0.05, 0) is 38.6 Å². The molecule has 1 N–H and O–H groups in total. The summed E-state index contributed by atoms with van der Waals surface area (Å²) in [4.78, 5) is 2.72. The quantitative estimate of drug-likeness (QED) is 0.584. The maximum atomic E-state index is 5.34. The number of hydrogen-bond acceptors (Lipinski definition) is 3. The van der Waals surface area contributed by atoms with E-state index in [1.54, 1.807) is 0 Å². The van der Waals surface area contributed by atoms with Gasteiger partial charge in [0.05, 0.1) is 0 Å². The molecule has 1 saturated carbocycles. The molecule has 0 aromatic heterocycles. The summed E-state index contributed by atoms with van der Waals surface area (Å²) in [5.41, 5.74) is 0. The zero-order chi connectivity index (χ0) is 13.9. The van der Waals surface area contributed by atoms with Crippen LogP contribution in [0.2, 0.25) is 0 Å². The molecule has 0 aromatic carbocycles. The highest BCUT2D eigenvalue weighted by Crippen LogP contribution is 2.23. The van der Waals surface area contributed by atoms with E-state index in [0.717, 1.165) is 44.7 Å². The summed E-state index contributed by atoms with van der Waals surface area (Å²) in [5, 5.41) is 3.55. The zero-order valence-corrected chi connectivity index (χ0v) is 13.3. The van der Waals surface area contributed by atoms with Crippen LogP contribution in [0, 0.1) is 5.92 Å². The topological polar surface area (TPSA) is 24.5 Å². The van der Waals surface area contributed by atoms with Crippen LogP contribution in [0.3, 0.4) is 0 Å². The van der Waals surface area contributed by atoms with Crippen molar-refractivity contribution in [3.63, 3.8) is 0 Å². The molecule has 0 saturated heterocycles. The average Bonchev–Trinajstić information content (AvgIpc) is 2.89. The molecule has 0 atom stereocenters. The molecule has 1 rings (SSSR count). The minimum atomic E-state index is 0.776. The van der Waals surface area contributed by atoms with Gasteiger partial charge >= 0.3 is 0 Å². The first-order chi connectivity index (χ1) is 9.24. The molecular weight excluding hydrogens is 236 g/mol. The van der Waals surface area contributed by atoms with Crippen molar-refractivity contribution in [2.45, 2.75) is 58.9 Å². The van der Waals surface area contributed by atoms with Gasteiger partial charge in [0.1, 0.15) is 0 Å². The monoisotopic (exact) mass is 270 g/mol. The van der Waals surface area contributed by atoms with Crippen molar-refractivity contribution in [2.75, 3.05) is 39.4 Å². The Morgan fingerprint density at radius 3 is 2.58 bits per heavy atom. The first-order valence-corrected chi connectivity index (χ1v) is 8.26. The number of hydrogen-bond donors (Lipinski definition) is 1. The van der Waals surface area contributed by atoms with Gasteiger partial charge in [0, 0.05) is 38.9 Å². The first-order valence-electron chi connectivity index (χ1n) is 8.26. The lowest BCUT2D eigenvalue weighted by atomic mass is 10.1. The van der Waals surface area contributed by atoms with Crippen molar-refractivity contribution in [3.8, 4) is 0 Å². The van der Waals surface area contributed by atoms with E-state index in [2.05, 4.69) is 31.0 Å². The Kier molecular flexibility index (Phi) is 9.48. The fraction of sp³-hybridized carbons (Fsp3) is 1.00. The van der Waals surface area contributed by atoms with Crippen LogP contribution in [0.15, 0.2) is 0 Å². The summed E-state index contributed by atoms with van der Waals surface area (Å²) in [6.45, 7) is 13.1. The Balaban J connectivity index is 2.10. The molecule has 0 heterocycles. The number of ether oxygens (including phenoxy) is 1. The number of nitrogens with zero attached hydrogens (tertiary/aromatic N) is 1. The van der Waals surface area contributed by atoms with Gasteiger partial charge in [-0.25, -0.2) is 0 Å². The Bertz CT molecular complexity index is 203. The lowest BCUT2D eigenvalue weighted by molar-refractivity contribution is 0.143. The summed E-state index contributed by atoms with van der Waals surface area (Å²) < 4.78 is 5.34. The molecule has 3 nitrogen and oxygen atoms in total. The maximum Gasteiger partial charge on any atom is 0.0477 e. The predicted octanol–water partition coefficient (Wildman–Crippen LogP) is 2.90. The normalized spacial score (nSPS) is 16.9. The van der Waals surface area contributed by atoms with Crippen LogP contribution in [0.1, 0.15) is 52.9 Å². The highest BCUT2D eigenvalue weighted by Gasteiger charge is 2.22. The van der Waals surface area contributed by atoms with Gasteiger partial charge in [-0.1, -0.05) is 26.7 Å². The Morgan fingerprint density at radius 2 is 1.95 bits per heavy atom. The van der Waals surface area contributed by atoms with Gasteiger partial charge in [0.2, 0.25) is 0 Å². The molecule has 19 heavy (non-hydrogen) atoms. The van der Waals surface area contributed by atoms with Gasteiger partial charge in [0.25, 0.3) is 0 Å². The second-order valence-corrected chi connectivity index (χ2v) is 6.13. The molecule has 0 bridgehead atoms. The van der Waals surface area contributed by atoms with Crippen LogP contribution in [-0.4, -0.2) is 50.3 Å². The lowest BCUT2D eigenvalue weighted by Gasteiger charge is -2.30. The van der Waals surface area contributed by atoms with Crippen molar-refractivity contribution in [1.29, 1.82) is 0 Å². The van der Waals surface area contributed by atoms with Gasteiger partial charge < -0.3 is 10.1 Å². The van der Waals surface area contributed by atoms with Crippen molar-refractivity contribution < 1.29 is 4.74 Å². The molecule has 0 spiro atoms. The second kappa shape index (κ2) is 10.6. The van der Waals surface area contributed by atoms with Crippen LogP contribution in [0.25, 0.3) is 0 Å². The summed E-state index contributed by atoms with van der Waals surface area (Å²) in [7, 11) is 0. The molecule has 0 aliphatic heterocycles. The van der Waals surface area contributed by atoms with E-state index in [0.29, 0.717) is 0 Å². The Hall–Kier alpha value is -0.120. The van der Waals surface area contributed by atoms with Crippen LogP contribution < -0.4 is 5.32 Å². The summed E-state index contributed by atoms with van der Waals surface area (Å²) in [5.74, 6) is 0.776. The Morgan fingerprint density at radius 1 is 1.21 bits per heavy atom. The predicted molar refractivity (Wildman–Crippen MR) is 82.6 cm³/mol.